The van der Waals surface area contributed by atoms with Crippen LogP contribution >= 0.6 is 0 Å². The van der Waals surface area contributed by atoms with Gasteiger partial charge in [-0.1, -0.05) is 6.07 Å². The summed E-state index contributed by atoms with van der Waals surface area (Å²) in [6.45, 7) is 1.64. The van der Waals surface area contributed by atoms with Crippen LogP contribution < -0.4 is 5.32 Å². The van der Waals surface area contributed by atoms with Gasteiger partial charge in [-0.15, -0.1) is 0 Å². The van der Waals surface area contributed by atoms with Crippen molar-refractivity contribution in [3.63, 3.8) is 0 Å². The molecule has 1 aromatic heterocycles. The van der Waals surface area contributed by atoms with Gasteiger partial charge in [0.25, 0.3) is 5.91 Å². The Labute approximate surface area is 114 Å². The smallest absolute Gasteiger partial charge is 0.253 e. The van der Waals surface area contributed by atoms with E-state index in [1.165, 1.54) is 24.5 Å². The van der Waals surface area contributed by atoms with Crippen molar-refractivity contribution in [3.05, 3.63) is 59.4 Å². The number of aromatic hydroxyl groups is 1. The lowest BCUT2D eigenvalue weighted by atomic mass is 10.1. The first-order valence-electron chi connectivity index (χ1n) is 5.87. The van der Waals surface area contributed by atoms with E-state index in [4.69, 9.17) is 0 Å². The molecule has 0 saturated heterocycles. The molecule has 104 valence electrons. The van der Waals surface area contributed by atoms with Crippen LogP contribution in [0.2, 0.25) is 0 Å². The number of pyridine rings is 1. The second-order valence-electron chi connectivity index (χ2n) is 4.30. The van der Waals surface area contributed by atoms with E-state index in [9.17, 15) is 18.7 Å². The van der Waals surface area contributed by atoms with E-state index < -0.39 is 23.6 Å². The van der Waals surface area contributed by atoms with Gasteiger partial charge >= 0.3 is 0 Å². The van der Waals surface area contributed by atoms with Gasteiger partial charge in [-0.3, -0.25) is 9.78 Å². The van der Waals surface area contributed by atoms with Crippen molar-refractivity contribution >= 4 is 5.91 Å². The number of carbonyl (C=O) groups is 1. The lowest BCUT2D eigenvalue weighted by Crippen LogP contribution is -2.26. The molecule has 0 aliphatic heterocycles. The lowest BCUT2D eigenvalue weighted by Gasteiger charge is -2.14. The number of benzene rings is 1. The van der Waals surface area contributed by atoms with E-state index in [0.29, 0.717) is 5.56 Å². The molecule has 0 saturated carbocycles. The Morgan fingerprint density at radius 1 is 1.25 bits per heavy atom. The van der Waals surface area contributed by atoms with Crippen LogP contribution in [0.1, 0.15) is 28.9 Å². The number of amides is 1. The number of halogens is 2. The van der Waals surface area contributed by atoms with Crippen molar-refractivity contribution in [2.24, 2.45) is 0 Å². The Morgan fingerprint density at radius 3 is 2.65 bits per heavy atom. The molecule has 1 unspecified atom stereocenters. The number of hydrogen-bond donors (Lipinski definition) is 2. The Kier molecular flexibility index (Phi) is 3.93. The molecule has 0 spiro atoms. The predicted molar refractivity (Wildman–Crippen MR) is 68.1 cm³/mol. The fraction of sp³-hybridized carbons (Fsp3) is 0.143. The maximum Gasteiger partial charge on any atom is 0.253 e. The summed E-state index contributed by atoms with van der Waals surface area (Å²) < 4.78 is 26.0. The van der Waals surface area contributed by atoms with Crippen LogP contribution in [0.3, 0.4) is 0 Å². The highest BCUT2D eigenvalue weighted by Gasteiger charge is 2.14. The molecule has 1 aromatic carbocycles. The summed E-state index contributed by atoms with van der Waals surface area (Å²) >= 11 is 0. The number of hydrogen-bond acceptors (Lipinski definition) is 3. The summed E-state index contributed by atoms with van der Waals surface area (Å²) in [7, 11) is 0. The third-order valence-electron chi connectivity index (χ3n) is 2.78. The molecular weight excluding hydrogens is 266 g/mol. The van der Waals surface area contributed by atoms with Gasteiger partial charge in [0.15, 0.2) is 11.6 Å². The fourth-order valence-electron chi connectivity index (χ4n) is 1.70. The highest BCUT2D eigenvalue weighted by atomic mass is 19.2. The molecule has 2 N–H and O–H groups in total. The summed E-state index contributed by atoms with van der Waals surface area (Å²) in [6, 6.07) is 4.18. The summed E-state index contributed by atoms with van der Waals surface area (Å²) in [5, 5.41) is 11.9. The fourth-order valence-corrected chi connectivity index (χ4v) is 1.70. The maximum atomic E-state index is 13.1. The van der Waals surface area contributed by atoms with Gasteiger partial charge in [0.1, 0.15) is 5.75 Å². The van der Waals surface area contributed by atoms with Gasteiger partial charge in [-0.25, -0.2) is 8.78 Å². The minimum Gasteiger partial charge on any atom is -0.506 e. The molecule has 20 heavy (non-hydrogen) atoms. The molecule has 1 atom stereocenters. The van der Waals surface area contributed by atoms with E-state index >= 15 is 0 Å². The van der Waals surface area contributed by atoms with Crippen LogP contribution in [-0.4, -0.2) is 16.0 Å². The van der Waals surface area contributed by atoms with Crippen LogP contribution in [0.5, 0.6) is 5.75 Å². The number of aromatic nitrogens is 1. The van der Waals surface area contributed by atoms with E-state index in [1.54, 1.807) is 6.92 Å². The zero-order valence-electron chi connectivity index (χ0n) is 10.6. The van der Waals surface area contributed by atoms with Crippen LogP contribution in [0.25, 0.3) is 0 Å². The molecule has 1 heterocycles. The first kappa shape index (κ1) is 13.9. The average molecular weight is 278 g/mol. The van der Waals surface area contributed by atoms with Gasteiger partial charge in [0, 0.05) is 6.20 Å². The van der Waals surface area contributed by atoms with Gasteiger partial charge in [-0.2, -0.15) is 0 Å². The number of nitrogens with one attached hydrogen (secondary N) is 1. The highest BCUT2D eigenvalue weighted by Crippen LogP contribution is 2.17. The lowest BCUT2D eigenvalue weighted by molar-refractivity contribution is 0.0939. The molecule has 2 rings (SSSR count). The van der Waals surface area contributed by atoms with Crippen molar-refractivity contribution in [2.75, 3.05) is 0 Å². The first-order chi connectivity index (χ1) is 9.47. The standard InChI is InChI=1S/C14H12F2N2O2/c1-8(9-2-3-12(15)13(16)5-9)18-14(20)10-4-11(19)7-17-6-10/h2-8,19H,1H3,(H,18,20). The third-order valence-corrected chi connectivity index (χ3v) is 2.78. The van der Waals surface area contributed by atoms with Gasteiger partial charge in [0.2, 0.25) is 0 Å². The predicted octanol–water partition coefficient (Wildman–Crippen LogP) is 2.56. The van der Waals surface area contributed by atoms with E-state index in [1.807, 2.05) is 0 Å². The molecule has 2 aromatic rings. The van der Waals surface area contributed by atoms with Crippen molar-refractivity contribution in [2.45, 2.75) is 13.0 Å². The van der Waals surface area contributed by atoms with Gasteiger partial charge in [0.05, 0.1) is 17.8 Å². The van der Waals surface area contributed by atoms with Crippen LogP contribution in [0.15, 0.2) is 36.7 Å². The molecule has 0 bridgehead atoms. The molecule has 0 aliphatic rings. The van der Waals surface area contributed by atoms with E-state index in [0.717, 1.165) is 12.1 Å². The Balaban J connectivity index is 2.13. The molecule has 4 nitrogen and oxygen atoms in total. The van der Waals surface area contributed by atoms with Crippen LogP contribution in [0, 0.1) is 11.6 Å². The van der Waals surface area contributed by atoms with Crippen molar-refractivity contribution in [3.8, 4) is 5.75 Å². The SMILES string of the molecule is CC(NC(=O)c1cncc(O)c1)c1ccc(F)c(F)c1. The summed E-state index contributed by atoms with van der Waals surface area (Å²) in [6.07, 6.45) is 2.50. The topological polar surface area (TPSA) is 62.2 Å². The second kappa shape index (κ2) is 5.64. The van der Waals surface area contributed by atoms with Crippen LogP contribution in [-0.2, 0) is 0 Å². The van der Waals surface area contributed by atoms with Gasteiger partial charge < -0.3 is 10.4 Å². The zero-order chi connectivity index (χ0) is 14.7. The number of carbonyl (C=O) groups excluding carboxylic acids is 1. The van der Waals surface area contributed by atoms with Crippen molar-refractivity contribution < 1.29 is 18.7 Å². The molecule has 0 aliphatic carbocycles. The Morgan fingerprint density at radius 2 is 2.00 bits per heavy atom. The summed E-state index contributed by atoms with van der Waals surface area (Å²) in [5.41, 5.74) is 0.616. The molecule has 1 amide bonds. The monoisotopic (exact) mass is 278 g/mol. The molecule has 0 radical (unpaired) electrons. The number of rotatable bonds is 3. The minimum absolute atomic E-state index is 0.127. The third kappa shape index (κ3) is 3.09. The highest BCUT2D eigenvalue weighted by molar-refractivity contribution is 5.94. The second-order valence-corrected chi connectivity index (χ2v) is 4.30. The summed E-state index contributed by atoms with van der Waals surface area (Å²) in [5.74, 6) is -2.50. The molecule has 0 fully saturated rings. The normalized spacial score (nSPS) is 11.9. The number of nitrogens with zero attached hydrogens (tertiary/aromatic N) is 1. The largest absolute Gasteiger partial charge is 0.506 e. The Bertz CT molecular complexity index is 647. The van der Waals surface area contributed by atoms with Crippen molar-refractivity contribution in [1.82, 2.24) is 10.3 Å². The Hall–Kier alpha value is -2.50. The molecule has 6 heteroatoms. The molecular formula is C14H12F2N2O2. The first-order valence-corrected chi connectivity index (χ1v) is 5.87. The zero-order valence-corrected chi connectivity index (χ0v) is 10.6. The minimum atomic E-state index is -0.970. The van der Waals surface area contributed by atoms with E-state index in [-0.39, 0.29) is 11.3 Å². The maximum absolute atomic E-state index is 13.1. The summed E-state index contributed by atoms with van der Waals surface area (Å²) in [4.78, 5) is 15.6. The van der Waals surface area contributed by atoms with Crippen molar-refractivity contribution in [1.29, 1.82) is 0 Å². The van der Waals surface area contributed by atoms with Gasteiger partial charge in [-0.05, 0) is 30.7 Å². The quantitative estimate of drug-likeness (QED) is 0.907. The van der Waals surface area contributed by atoms with Crippen LogP contribution in [0.4, 0.5) is 8.78 Å². The van der Waals surface area contributed by atoms with E-state index in [2.05, 4.69) is 10.3 Å². The average Bonchev–Trinajstić information content (AvgIpc) is 2.41.